The highest BCUT2D eigenvalue weighted by atomic mass is 35.5. The van der Waals surface area contributed by atoms with E-state index in [4.69, 9.17) is 23.2 Å². The number of amides is 2. The van der Waals surface area contributed by atoms with E-state index in [0.717, 1.165) is 32.4 Å². The van der Waals surface area contributed by atoms with E-state index in [2.05, 4.69) is 15.5 Å². The zero-order chi connectivity index (χ0) is 21.5. The molecule has 2 fully saturated rings. The Morgan fingerprint density at radius 2 is 1.87 bits per heavy atom. The highest BCUT2D eigenvalue weighted by Gasteiger charge is 2.44. The smallest absolute Gasteiger partial charge is 0.319 e. The van der Waals surface area contributed by atoms with Crippen molar-refractivity contribution in [3.63, 3.8) is 0 Å². The number of rotatable bonds is 5. The number of hydrogen-bond acceptors (Lipinski definition) is 5. The van der Waals surface area contributed by atoms with Crippen LogP contribution in [0, 0.1) is 0 Å². The van der Waals surface area contributed by atoms with E-state index < -0.39 is 26.9 Å². The molecule has 3 N–H and O–H groups in total. The van der Waals surface area contributed by atoms with Crippen LogP contribution < -0.4 is 10.6 Å². The van der Waals surface area contributed by atoms with Crippen molar-refractivity contribution in [2.24, 2.45) is 0 Å². The minimum absolute atomic E-state index is 0.0102. The number of urea groups is 1. The molecule has 1 saturated heterocycles. The van der Waals surface area contributed by atoms with E-state index in [9.17, 15) is 18.3 Å². The van der Waals surface area contributed by atoms with Gasteiger partial charge in [-0.3, -0.25) is 0 Å². The van der Waals surface area contributed by atoms with Crippen LogP contribution in [0.3, 0.4) is 0 Å². The molecule has 1 aliphatic heterocycles. The van der Waals surface area contributed by atoms with Gasteiger partial charge in [0, 0.05) is 11.1 Å². The summed E-state index contributed by atoms with van der Waals surface area (Å²) < 4.78 is 26.3. The molecular weight excluding hydrogens is 449 g/mol. The molecule has 3 aliphatic rings. The molecule has 30 heavy (non-hydrogen) atoms. The maximum Gasteiger partial charge on any atom is 0.319 e. The molecule has 10 heteroatoms. The molecule has 1 heterocycles. The molecule has 0 aromatic heterocycles. The SMILES string of the molecule is O=C(Nc1ccc(Cl)c(S(=O)(=O)[C@H]2C[C@H](N3CCCC3)C2)c1O)N[C@@H]1CCC=C1Cl. The van der Waals surface area contributed by atoms with Crippen LogP contribution in [0.1, 0.15) is 38.5 Å². The third-order valence-electron chi connectivity index (χ3n) is 6.21. The Labute approximate surface area is 186 Å². The lowest BCUT2D eigenvalue weighted by Gasteiger charge is -2.40. The number of benzene rings is 1. The molecule has 7 nitrogen and oxygen atoms in total. The average Bonchev–Trinajstić information content (AvgIpc) is 3.28. The van der Waals surface area contributed by atoms with Gasteiger partial charge in [-0.2, -0.15) is 0 Å². The van der Waals surface area contributed by atoms with E-state index in [0.29, 0.717) is 24.3 Å². The van der Waals surface area contributed by atoms with Crippen molar-refractivity contribution in [2.75, 3.05) is 18.4 Å². The molecule has 1 saturated carbocycles. The van der Waals surface area contributed by atoms with Gasteiger partial charge < -0.3 is 20.6 Å². The second-order valence-electron chi connectivity index (χ2n) is 8.13. The molecule has 0 radical (unpaired) electrons. The molecular formula is C20H25Cl2N3O4S. The monoisotopic (exact) mass is 473 g/mol. The maximum absolute atomic E-state index is 13.2. The van der Waals surface area contributed by atoms with Crippen LogP contribution in [0.25, 0.3) is 0 Å². The number of nitrogens with one attached hydrogen (secondary N) is 2. The number of nitrogens with zero attached hydrogens (tertiary/aromatic N) is 1. The van der Waals surface area contributed by atoms with Crippen LogP contribution >= 0.6 is 23.2 Å². The molecule has 1 aromatic carbocycles. The molecule has 164 valence electrons. The van der Waals surface area contributed by atoms with E-state index in [1.165, 1.54) is 12.1 Å². The van der Waals surface area contributed by atoms with Crippen LogP contribution in [0.15, 0.2) is 28.1 Å². The third kappa shape index (κ3) is 4.15. The Morgan fingerprint density at radius 3 is 2.50 bits per heavy atom. The third-order valence-corrected chi connectivity index (χ3v) is 9.30. The first-order valence-corrected chi connectivity index (χ1v) is 12.5. The first-order valence-electron chi connectivity index (χ1n) is 10.2. The average molecular weight is 474 g/mol. The zero-order valence-corrected chi connectivity index (χ0v) is 18.7. The van der Waals surface area contributed by atoms with Gasteiger partial charge in [-0.05, 0) is 63.7 Å². The normalized spacial score (nSPS) is 26.9. The van der Waals surface area contributed by atoms with Gasteiger partial charge in [-0.15, -0.1) is 0 Å². The predicted octanol–water partition coefficient (Wildman–Crippen LogP) is 3.85. The minimum atomic E-state index is -3.83. The first-order chi connectivity index (χ1) is 14.3. The lowest BCUT2D eigenvalue weighted by atomic mass is 9.91. The van der Waals surface area contributed by atoms with E-state index in [1.807, 2.05) is 6.08 Å². The number of phenols is 1. The number of aromatic hydroxyl groups is 1. The van der Waals surface area contributed by atoms with Gasteiger partial charge in [0.25, 0.3) is 0 Å². The number of phenolic OH excluding ortho intramolecular Hbond substituents is 1. The summed E-state index contributed by atoms with van der Waals surface area (Å²) in [6.07, 6.45) is 6.67. The quantitative estimate of drug-likeness (QED) is 0.563. The second-order valence-corrected chi connectivity index (χ2v) is 11.1. The van der Waals surface area contributed by atoms with Gasteiger partial charge >= 0.3 is 6.03 Å². The van der Waals surface area contributed by atoms with Crippen molar-refractivity contribution in [1.82, 2.24) is 10.2 Å². The van der Waals surface area contributed by atoms with E-state index >= 15 is 0 Å². The van der Waals surface area contributed by atoms with Crippen molar-refractivity contribution in [1.29, 1.82) is 0 Å². The summed E-state index contributed by atoms with van der Waals surface area (Å²) in [7, 11) is -3.83. The van der Waals surface area contributed by atoms with Crippen LogP contribution in [-0.2, 0) is 9.84 Å². The largest absolute Gasteiger partial charge is 0.504 e. The van der Waals surface area contributed by atoms with Crippen molar-refractivity contribution < 1.29 is 18.3 Å². The summed E-state index contributed by atoms with van der Waals surface area (Å²) in [5.74, 6) is -0.532. The fraction of sp³-hybridized carbons (Fsp3) is 0.550. The number of halogens is 2. The molecule has 1 aromatic rings. The fourth-order valence-corrected chi connectivity index (χ4v) is 7.16. The van der Waals surface area contributed by atoms with Crippen LogP contribution in [0.5, 0.6) is 5.75 Å². The molecule has 0 spiro atoms. The number of carbonyl (C=O) groups is 1. The number of anilines is 1. The van der Waals surface area contributed by atoms with Crippen LogP contribution in [-0.4, -0.2) is 54.9 Å². The lowest BCUT2D eigenvalue weighted by molar-refractivity contribution is 0.161. The number of sulfone groups is 1. The minimum Gasteiger partial charge on any atom is -0.504 e. The summed E-state index contributed by atoms with van der Waals surface area (Å²) in [6, 6.07) is 2.16. The topological polar surface area (TPSA) is 98.7 Å². The fourth-order valence-electron chi connectivity index (χ4n) is 4.41. The molecule has 2 amide bonds. The molecule has 2 aliphatic carbocycles. The highest BCUT2D eigenvalue weighted by molar-refractivity contribution is 7.92. The summed E-state index contributed by atoms with van der Waals surface area (Å²) in [6.45, 7) is 2.02. The maximum atomic E-state index is 13.2. The van der Waals surface area contributed by atoms with E-state index in [1.54, 1.807) is 0 Å². The van der Waals surface area contributed by atoms with Gasteiger partial charge in [0.15, 0.2) is 15.6 Å². The number of allylic oxidation sites excluding steroid dienone is 1. The Kier molecular flexibility index (Phi) is 6.21. The van der Waals surface area contributed by atoms with Crippen molar-refractivity contribution in [3.8, 4) is 5.75 Å². The Balaban J connectivity index is 1.48. The first kappa shape index (κ1) is 21.7. The summed E-state index contributed by atoms with van der Waals surface area (Å²) >= 11 is 12.2. The molecule has 0 unspecified atom stereocenters. The van der Waals surface area contributed by atoms with Crippen molar-refractivity contribution >= 4 is 44.8 Å². The lowest BCUT2D eigenvalue weighted by Crippen LogP contribution is -2.48. The van der Waals surface area contributed by atoms with Crippen molar-refractivity contribution in [2.45, 2.75) is 60.8 Å². The summed E-state index contributed by atoms with van der Waals surface area (Å²) in [5.41, 5.74) is -0.0102. The molecule has 4 rings (SSSR count). The summed E-state index contributed by atoms with van der Waals surface area (Å²) in [4.78, 5) is 14.3. The Bertz CT molecular complexity index is 971. The van der Waals surface area contributed by atoms with Crippen LogP contribution in [0.2, 0.25) is 5.02 Å². The predicted molar refractivity (Wildman–Crippen MR) is 117 cm³/mol. The van der Waals surface area contributed by atoms with E-state index in [-0.39, 0.29) is 27.7 Å². The van der Waals surface area contributed by atoms with Gasteiger partial charge in [0.1, 0.15) is 4.90 Å². The van der Waals surface area contributed by atoms with Gasteiger partial charge in [-0.1, -0.05) is 29.3 Å². The standard InChI is InChI=1S/C20H25Cl2N3O4S/c21-14-4-3-5-16(14)23-20(27)24-17-7-6-15(22)19(18(17)26)30(28,29)13-10-12(11-13)25-8-1-2-9-25/h4,6-7,12-13,16,26H,1-3,5,8-11H2,(H2,23,24,27)/t12-,13-,16-/m1/s1. The molecule has 1 atom stereocenters. The van der Waals surface area contributed by atoms with Gasteiger partial charge in [-0.25, -0.2) is 13.2 Å². The van der Waals surface area contributed by atoms with Gasteiger partial charge in [0.05, 0.1) is 22.0 Å². The zero-order valence-electron chi connectivity index (χ0n) is 16.4. The highest BCUT2D eigenvalue weighted by Crippen LogP contribution is 2.43. The van der Waals surface area contributed by atoms with Crippen LogP contribution in [0.4, 0.5) is 10.5 Å². The summed E-state index contributed by atoms with van der Waals surface area (Å²) in [5, 5.41) is 15.8. The molecule has 0 bridgehead atoms. The number of carbonyl (C=O) groups excluding carboxylic acids is 1. The van der Waals surface area contributed by atoms with Crippen molar-refractivity contribution in [3.05, 3.63) is 28.3 Å². The number of hydrogen-bond donors (Lipinski definition) is 3. The number of likely N-dealkylation sites (tertiary alicyclic amines) is 1. The van der Waals surface area contributed by atoms with Gasteiger partial charge in [0.2, 0.25) is 0 Å². The Hall–Kier alpha value is -1.48. The Morgan fingerprint density at radius 1 is 1.17 bits per heavy atom. The second kappa shape index (κ2) is 8.57.